The maximum atomic E-state index is 11.9. The maximum absolute atomic E-state index is 11.9. The molecule has 0 spiro atoms. The fraction of sp³-hybridized carbons (Fsp3) is 0.857. The predicted molar refractivity (Wildman–Crippen MR) is 73.2 cm³/mol. The minimum absolute atomic E-state index is 0.0217. The molecule has 114 valence electrons. The van der Waals surface area contributed by atoms with Crippen molar-refractivity contribution in [2.45, 2.75) is 50.7 Å². The number of hydrogen-bond donors (Lipinski definition) is 3. The van der Waals surface area contributed by atoms with Crippen LogP contribution in [0.3, 0.4) is 0 Å². The van der Waals surface area contributed by atoms with E-state index in [1.165, 1.54) is 0 Å². The van der Waals surface area contributed by atoms with E-state index in [4.69, 9.17) is 5.11 Å². The van der Waals surface area contributed by atoms with E-state index < -0.39 is 17.1 Å². The van der Waals surface area contributed by atoms with E-state index in [0.29, 0.717) is 45.3 Å². The van der Waals surface area contributed by atoms with E-state index in [1.807, 2.05) is 18.7 Å². The molecule has 2 fully saturated rings. The Labute approximate surface area is 119 Å². The number of carbonyl (C=O) groups excluding carboxylic acids is 1. The van der Waals surface area contributed by atoms with Crippen LogP contribution in [0.1, 0.15) is 39.5 Å². The molecule has 1 aliphatic carbocycles. The van der Waals surface area contributed by atoms with Gasteiger partial charge in [-0.3, -0.25) is 14.5 Å². The summed E-state index contributed by atoms with van der Waals surface area (Å²) in [6, 6.07) is 0. The lowest BCUT2D eigenvalue weighted by atomic mass is 9.78. The van der Waals surface area contributed by atoms with Gasteiger partial charge in [-0.25, -0.2) is 0 Å². The van der Waals surface area contributed by atoms with Crippen molar-refractivity contribution < 1.29 is 19.8 Å². The standard InChI is InChI=1S/C14H24N2O4/c1-13(2)12(19)15-7-8-16(13)9-14(20)5-3-10(4-6-14)11(17)18/h10,20H,3-9H2,1-2H3,(H,15,19)(H,17,18). The Morgan fingerprint density at radius 3 is 2.55 bits per heavy atom. The number of carboxylic acids is 1. The highest BCUT2D eigenvalue weighted by Gasteiger charge is 2.43. The van der Waals surface area contributed by atoms with Crippen LogP contribution in [0, 0.1) is 5.92 Å². The first-order chi connectivity index (χ1) is 9.24. The zero-order chi connectivity index (χ0) is 15.0. The monoisotopic (exact) mass is 284 g/mol. The summed E-state index contributed by atoms with van der Waals surface area (Å²) in [5.74, 6) is -1.13. The van der Waals surface area contributed by atoms with E-state index >= 15 is 0 Å². The number of nitrogens with one attached hydrogen (secondary N) is 1. The van der Waals surface area contributed by atoms with Crippen LogP contribution in [0.5, 0.6) is 0 Å². The van der Waals surface area contributed by atoms with E-state index in [0.717, 1.165) is 0 Å². The summed E-state index contributed by atoms with van der Waals surface area (Å²) in [5.41, 5.74) is -1.50. The summed E-state index contributed by atoms with van der Waals surface area (Å²) in [5, 5.41) is 22.5. The molecule has 0 unspecified atom stereocenters. The molecule has 0 aromatic rings. The number of hydrogen-bond acceptors (Lipinski definition) is 4. The average Bonchev–Trinajstić information content (AvgIpc) is 2.36. The molecule has 1 saturated carbocycles. The van der Waals surface area contributed by atoms with Crippen LogP contribution in [-0.2, 0) is 9.59 Å². The number of nitrogens with zero attached hydrogens (tertiary/aromatic N) is 1. The van der Waals surface area contributed by atoms with Gasteiger partial charge in [-0.2, -0.15) is 0 Å². The van der Waals surface area contributed by atoms with Crippen LogP contribution >= 0.6 is 0 Å². The van der Waals surface area contributed by atoms with Crippen LogP contribution in [0.4, 0.5) is 0 Å². The van der Waals surface area contributed by atoms with Crippen molar-refractivity contribution in [1.82, 2.24) is 10.2 Å². The molecular formula is C14H24N2O4. The third-order valence-corrected chi connectivity index (χ3v) is 4.76. The van der Waals surface area contributed by atoms with Gasteiger partial charge in [0.2, 0.25) is 5.91 Å². The van der Waals surface area contributed by atoms with Crippen LogP contribution in [0.2, 0.25) is 0 Å². The first-order valence-corrected chi connectivity index (χ1v) is 7.23. The molecule has 1 amide bonds. The molecule has 20 heavy (non-hydrogen) atoms. The smallest absolute Gasteiger partial charge is 0.306 e. The molecule has 1 saturated heterocycles. The molecule has 0 bridgehead atoms. The van der Waals surface area contributed by atoms with Crippen LogP contribution < -0.4 is 5.32 Å². The Hall–Kier alpha value is -1.14. The molecule has 6 heteroatoms. The number of carbonyl (C=O) groups is 2. The van der Waals surface area contributed by atoms with Crippen molar-refractivity contribution >= 4 is 11.9 Å². The molecular weight excluding hydrogens is 260 g/mol. The summed E-state index contributed by atoms with van der Waals surface area (Å²) in [6.07, 6.45) is 1.98. The third kappa shape index (κ3) is 2.96. The molecule has 1 aliphatic heterocycles. The van der Waals surface area contributed by atoms with Crippen molar-refractivity contribution in [3.63, 3.8) is 0 Å². The second kappa shape index (κ2) is 5.33. The highest BCUT2D eigenvalue weighted by atomic mass is 16.4. The van der Waals surface area contributed by atoms with Crippen molar-refractivity contribution in [3.05, 3.63) is 0 Å². The summed E-state index contributed by atoms with van der Waals surface area (Å²) in [7, 11) is 0. The zero-order valence-electron chi connectivity index (χ0n) is 12.2. The molecule has 1 heterocycles. The number of β-amino-alcohol motifs (C(OH)–C–C–N with tert-alkyl or cyclic N) is 1. The number of carboxylic acid groups (broad SMARTS) is 1. The maximum Gasteiger partial charge on any atom is 0.306 e. The van der Waals surface area contributed by atoms with Gasteiger partial charge < -0.3 is 15.5 Å². The van der Waals surface area contributed by atoms with Gasteiger partial charge in [0.25, 0.3) is 0 Å². The topological polar surface area (TPSA) is 89.9 Å². The summed E-state index contributed by atoms with van der Waals surface area (Å²) in [6.45, 7) is 5.45. The Morgan fingerprint density at radius 1 is 1.40 bits per heavy atom. The normalized spacial score (nSPS) is 34.5. The highest BCUT2D eigenvalue weighted by molar-refractivity contribution is 5.86. The number of rotatable bonds is 3. The second-order valence-corrected chi connectivity index (χ2v) is 6.57. The Morgan fingerprint density at radius 2 is 2.00 bits per heavy atom. The van der Waals surface area contributed by atoms with Crippen molar-refractivity contribution in [3.8, 4) is 0 Å². The third-order valence-electron chi connectivity index (χ3n) is 4.76. The summed E-state index contributed by atoms with van der Waals surface area (Å²) in [4.78, 5) is 24.9. The first-order valence-electron chi connectivity index (χ1n) is 7.23. The Kier molecular flexibility index (Phi) is 4.07. The molecule has 2 aliphatic rings. The van der Waals surface area contributed by atoms with E-state index in [2.05, 4.69) is 5.32 Å². The number of amides is 1. The molecule has 6 nitrogen and oxygen atoms in total. The van der Waals surface area contributed by atoms with Gasteiger partial charge in [0, 0.05) is 19.6 Å². The fourth-order valence-corrected chi connectivity index (χ4v) is 3.14. The first kappa shape index (κ1) is 15.3. The van der Waals surface area contributed by atoms with Gasteiger partial charge >= 0.3 is 5.97 Å². The minimum Gasteiger partial charge on any atom is -0.481 e. The van der Waals surface area contributed by atoms with Gasteiger partial charge in [0.15, 0.2) is 0 Å². The molecule has 0 radical (unpaired) electrons. The Balaban J connectivity index is 1.99. The van der Waals surface area contributed by atoms with E-state index in [1.54, 1.807) is 0 Å². The van der Waals surface area contributed by atoms with Crippen LogP contribution in [0.15, 0.2) is 0 Å². The number of aliphatic hydroxyl groups is 1. The van der Waals surface area contributed by atoms with Gasteiger partial charge in [-0.15, -0.1) is 0 Å². The minimum atomic E-state index is -0.874. The fourth-order valence-electron chi connectivity index (χ4n) is 3.14. The number of aliphatic carboxylic acids is 1. The van der Waals surface area contributed by atoms with Gasteiger partial charge in [0.1, 0.15) is 0 Å². The van der Waals surface area contributed by atoms with Gasteiger partial charge in [-0.05, 0) is 39.5 Å². The Bertz CT molecular complexity index is 400. The SMILES string of the molecule is CC1(C)C(=O)NCCN1CC1(O)CCC(C(=O)O)CC1. The number of piperazine rings is 1. The summed E-state index contributed by atoms with van der Waals surface area (Å²) >= 11 is 0. The van der Waals surface area contributed by atoms with Crippen molar-refractivity contribution in [2.24, 2.45) is 5.92 Å². The lowest BCUT2D eigenvalue weighted by molar-refractivity contribution is -0.146. The molecule has 0 aromatic heterocycles. The zero-order valence-corrected chi connectivity index (χ0v) is 12.2. The quantitative estimate of drug-likeness (QED) is 0.689. The van der Waals surface area contributed by atoms with Crippen LogP contribution in [0.25, 0.3) is 0 Å². The largest absolute Gasteiger partial charge is 0.481 e. The molecule has 2 rings (SSSR count). The molecule has 0 atom stereocenters. The van der Waals surface area contributed by atoms with Crippen LogP contribution in [-0.4, -0.2) is 57.8 Å². The second-order valence-electron chi connectivity index (χ2n) is 6.57. The van der Waals surface area contributed by atoms with Gasteiger partial charge in [-0.1, -0.05) is 0 Å². The van der Waals surface area contributed by atoms with E-state index in [-0.39, 0.29) is 11.8 Å². The van der Waals surface area contributed by atoms with Gasteiger partial charge in [0.05, 0.1) is 17.1 Å². The molecule has 3 N–H and O–H groups in total. The molecule has 0 aromatic carbocycles. The predicted octanol–water partition coefficient (Wildman–Crippen LogP) is 0.203. The highest BCUT2D eigenvalue weighted by Crippen LogP contribution is 2.34. The van der Waals surface area contributed by atoms with E-state index in [9.17, 15) is 14.7 Å². The lowest BCUT2D eigenvalue weighted by Crippen LogP contribution is -2.64. The van der Waals surface area contributed by atoms with Crippen molar-refractivity contribution in [2.75, 3.05) is 19.6 Å². The average molecular weight is 284 g/mol. The van der Waals surface area contributed by atoms with Crippen molar-refractivity contribution in [1.29, 1.82) is 0 Å². The summed E-state index contributed by atoms with van der Waals surface area (Å²) < 4.78 is 0. The lowest BCUT2D eigenvalue weighted by Gasteiger charge is -2.46.